The van der Waals surface area contributed by atoms with Crippen LogP contribution in [-0.2, 0) is 4.74 Å². The fraction of sp³-hybridized carbons (Fsp3) is 0.333. The van der Waals surface area contributed by atoms with Crippen LogP contribution in [-0.4, -0.2) is 30.1 Å². The van der Waals surface area contributed by atoms with E-state index in [0.717, 1.165) is 19.4 Å². The van der Waals surface area contributed by atoms with Crippen molar-refractivity contribution >= 4 is 17.7 Å². The molecule has 0 spiro atoms. The molecule has 0 saturated carbocycles. The van der Waals surface area contributed by atoms with Gasteiger partial charge in [-0.25, -0.2) is 9.59 Å². The molecular formula is C21H24N2O3. The number of nitrogens with one attached hydrogen (secondary N) is 1. The Morgan fingerprint density at radius 3 is 2.58 bits per heavy atom. The minimum absolute atomic E-state index is 0.106. The first kappa shape index (κ1) is 18.0. The first-order chi connectivity index (χ1) is 12.6. The highest BCUT2D eigenvalue weighted by Crippen LogP contribution is 2.34. The SMILES string of the molecule is CCOC(=O)c1ccc(NC(=O)N2CCCC2c2ccccc2C)cc1. The van der Waals surface area contributed by atoms with Crippen molar-refractivity contribution in [3.8, 4) is 0 Å². The maximum atomic E-state index is 12.8. The summed E-state index contributed by atoms with van der Waals surface area (Å²) < 4.78 is 4.97. The third-order valence-corrected chi connectivity index (χ3v) is 4.71. The van der Waals surface area contributed by atoms with Gasteiger partial charge in [0.25, 0.3) is 0 Å². The Kier molecular flexibility index (Phi) is 5.56. The van der Waals surface area contributed by atoms with E-state index in [1.54, 1.807) is 31.2 Å². The average molecular weight is 352 g/mol. The predicted octanol–water partition coefficient (Wildman–Crippen LogP) is 4.54. The Bertz CT molecular complexity index is 786. The van der Waals surface area contributed by atoms with Crippen LogP contribution in [0.5, 0.6) is 0 Å². The van der Waals surface area contributed by atoms with E-state index in [9.17, 15) is 9.59 Å². The number of benzene rings is 2. The van der Waals surface area contributed by atoms with E-state index >= 15 is 0 Å². The number of carbonyl (C=O) groups excluding carboxylic acids is 2. The molecule has 3 rings (SSSR count). The standard InChI is InChI=1S/C21H24N2O3/c1-3-26-20(24)16-10-12-17(13-11-16)22-21(25)23-14-6-9-19(23)18-8-5-4-7-15(18)2/h4-5,7-8,10-13,19H,3,6,9,14H2,1-2H3,(H,22,25). The number of likely N-dealkylation sites (tertiary alicyclic amines) is 1. The van der Waals surface area contributed by atoms with Crippen LogP contribution in [0.15, 0.2) is 48.5 Å². The number of aryl methyl sites for hydroxylation is 1. The minimum atomic E-state index is -0.357. The molecule has 1 heterocycles. The molecule has 1 unspecified atom stereocenters. The molecule has 5 nitrogen and oxygen atoms in total. The monoisotopic (exact) mass is 352 g/mol. The molecule has 5 heteroatoms. The second kappa shape index (κ2) is 8.04. The van der Waals surface area contributed by atoms with Gasteiger partial charge in [-0.05, 0) is 62.1 Å². The van der Waals surface area contributed by atoms with Crippen LogP contribution in [0.2, 0.25) is 0 Å². The molecule has 26 heavy (non-hydrogen) atoms. The van der Waals surface area contributed by atoms with E-state index in [0.29, 0.717) is 17.9 Å². The third-order valence-electron chi connectivity index (χ3n) is 4.71. The lowest BCUT2D eigenvalue weighted by Gasteiger charge is -2.26. The number of hydrogen-bond donors (Lipinski definition) is 1. The maximum absolute atomic E-state index is 12.8. The van der Waals surface area contributed by atoms with Gasteiger partial charge in [-0.3, -0.25) is 0 Å². The number of urea groups is 1. The summed E-state index contributed by atoms with van der Waals surface area (Å²) in [5.74, 6) is -0.357. The van der Waals surface area contributed by atoms with Crippen LogP contribution in [0.1, 0.15) is 47.3 Å². The molecule has 1 atom stereocenters. The average Bonchev–Trinajstić information content (AvgIpc) is 3.12. The second-order valence-electron chi connectivity index (χ2n) is 6.44. The molecule has 1 aliphatic rings. The number of rotatable bonds is 4. The topological polar surface area (TPSA) is 58.6 Å². The van der Waals surface area contributed by atoms with Gasteiger partial charge in [-0.2, -0.15) is 0 Å². The number of carbonyl (C=O) groups is 2. The quantitative estimate of drug-likeness (QED) is 0.822. The van der Waals surface area contributed by atoms with E-state index in [2.05, 4.69) is 24.4 Å². The minimum Gasteiger partial charge on any atom is -0.462 e. The zero-order chi connectivity index (χ0) is 18.5. The molecule has 1 saturated heterocycles. The van der Waals surface area contributed by atoms with Crippen molar-refractivity contribution in [2.45, 2.75) is 32.7 Å². The van der Waals surface area contributed by atoms with Crippen LogP contribution < -0.4 is 5.32 Å². The smallest absolute Gasteiger partial charge is 0.338 e. The normalized spacial score (nSPS) is 16.4. The van der Waals surface area contributed by atoms with Crippen LogP contribution in [0.25, 0.3) is 0 Å². The Morgan fingerprint density at radius 2 is 1.88 bits per heavy atom. The molecule has 2 aromatic rings. The second-order valence-corrected chi connectivity index (χ2v) is 6.44. The number of nitrogens with zero attached hydrogens (tertiary/aromatic N) is 1. The van der Waals surface area contributed by atoms with E-state index in [1.165, 1.54) is 11.1 Å². The molecule has 136 valence electrons. The summed E-state index contributed by atoms with van der Waals surface area (Å²) in [5, 5.41) is 2.94. The van der Waals surface area contributed by atoms with Crippen LogP contribution >= 0.6 is 0 Å². The van der Waals surface area contributed by atoms with Crippen molar-refractivity contribution in [1.82, 2.24) is 4.90 Å². The highest BCUT2D eigenvalue weighted by molar-refractivity contribution is 5.92. The van der Waals surface area contributed by atoms with Gasteiger partial charge in [-0.15, -0.1) is 0 Å². The Balaban J connectivity index is 1.69. The third kappa shape index (κ3) is 3.87. The van der Waals surface area contributed by atoms with Gasteiger partial charge in [0.15, 0.2) is 0 Å². The maximum Gasteiger partial charge on any atom is 0.338 e. The first-order valence-corrected chi connectivity index (χ1v) is 9.00. The van der Waals surface area contributed by atoms with Crippen molar-refractivity contribution in [2.75, 3.05) is 18.5 Å². The van der Waals surface area contributed by atoms with Gasteiger partial charge in [0.2, 0.25) is 0 Å². The number of anilines is 1. The molecule has 0 bridgehead atoms. The summed E-state index contributed by atoms with van der Waals surface area (Å²) >= 11 is 0. The Labute approximate surface area is 154 Å². The summed E-state index contributed by atoms with van der Waals surface area (Å²) in [7, 11) is 0. The van der Waals surface area contributed by atoms with Crippen LogP contribution in [0.4, 0.5) is 10.5 Å². The van der Waals surface area contributed by atoms with Crippen molar-refractivity contribution in [2.24, 2.45) is 0 Å². The molecule has 0 radical (unpaired) electrons. The highest BCUT2D eigenvalue weighted by Gasteiger charge is 2.30. The lowest BCUT2D eigenvalue weighted by molar-refractivity contribution is 0.0526. The Morgan fingerprint density at radius 1 is 1.15 bits per heavy atom. The molecule has 2 aromatic carbocycles. The summed E-state index contributed by atoms with van der Waals surface area (Å²) in [6, 6.07) is 15.0. The Hall–Kier alpha value is -2.82. The van der Waals surface area contributed by atoms with Crippen molar-refractivity contribution < 1.29 is 14.3 Å². The number of hydrogen-bond acceptors (Lipinski definition) is 3. The van der Waals surface area contributed by atoms with Crippen molar-refractivity contribution in [1.29, 1.82) is 0 Å². The van der Waals surface area contributed by atoms with Gasteiger partial charge in [-0.1, -0.05) is 24.3 Å². The summed E-state index contributed by atoms with van der Waals surface area (Å²) in [4.78, 5) is 26.3. The van der Waals surface area contributed by atoms with E-state index < -0.39 is 0 Å². The lowest BCUT2D eigenvalue weighted by Crippen LogP contribution is -2.34. The lowest BCUT2D eigenvalue weighted by atomic mass is 9.99. The van der Waals surface area contributed by atoms with Gasteiger partial charge < -0.3 is 15.0 Å². The van der Waals surface area contributed by atoms with Gasteiger partial charge >= 0.3 is 12.0 Å². The van der Waals surface area contributed by atoms with Gasteiger partial charge in [0.1, 0.15) is 0 Å². The fourth-order valence-electron chi connectivity index (χ4n) is 3.39. The predicted molar refractivity (Wildman–Crippen MR) is 101 cm³/mol. The molecule has 2 amide bonds. The first-order valence-electron chi connectivity index (χ1n) is 9.00. The molecule has 1 N–H and O–H groups in total. The van der Waals surface area contributed by atoms with E-state index in [4.69, 9.17) is 4.74 Å². The molecular weight excluding hydrogens is 328 g/mol. The van der Waals surface area contributed by atoms with Crippen LogP contribution in [0.3, 0.4) is 0 Å². The zero-order valence-electron chi connectivity index (χ0n) is 15.2. The van der Waals surface area contributed by atoms with Gasteiger partial charge in [0.05, 0.1) is 18.2 Å². The molecule has 1 aliphatic heterocycles. The van der Waals surface area contributed by atoms with Crippen molar-refractivity contribution in [3.05, 3.63) is 65.2 Å². The zero-order valence-corrected chi connectivity index (χ0v) is 15.2. The van der Waals surface area contributed by atoms with E-state index in [-0.39, 0.29) is 18.0 Å². The fourth-order valence-corrected chi connectivity index (χ4v) is 3.39. The van der Waals surface area contributed by atoms with Crippen molar-refractivity contribution in [3.63, 3.8) is 0 Å². The number of esters is 1. The van der Waals surface area contributed by atoms with Crippen LogP contribution in [0, 0.1) is 6.92 Å². The summed E-state index contributed by atoms with van der Waals surface area (Å²) in [5.41, 5.74) is 3.55. The molecule has 0 aromatic heterocycles. The summed E-state index contributed by atoms with van der Waals surface area (Å²) in [6.07, 6.45) is 1.97. The number of amides is 2. The summed E-state index contributed by atoms with van der Waals surface area (Å²) in [6.45, 7) is 4.93. The van der Waals surface area contributed by atoms with Gasteiger partial charge in [0, 0.05) is 12.2 Å². The molecule has 1 fully saturated rings. The number of ether oxygens (including phenoxy) is 1. The highest BCUT2D eigenvalue weighted by atomic mass is 16.5. The molecule has 0 aliphatic carbocycles. The largest absolute Gasteiger partial charge is 0.462 e. The van der Waals surface area contributed by atoms with E-state index in [1.807, 2.05) is 17.0 Å².